The molecule has 2 aliphatic rings. The van der Waals surface area contributed by atoms with Gasteiger partial charge < -0.3 is 19.7 Å². The molecule has 39 heavy (non-hydrogen) atoms. The number of halogens is 1. The molecule has 1 N–H and O–H groups in total. The number of benzene rings is 2. The van der Waals surface area contributed by atoms with Gasteiger partial charge >= 0.3 is 11.9 Å². The lowest BCUT2D eigenvalue weighted by Crippen LogP contribution is -2.47. The molecule has 11 heteroatoms. The predicted molar refractivity (Wildman–Crippen MR) is 147 cm³/mol. The molecule has 2 aliphatic heterocycles. The molecular formula is C28H31ClN4O6. The molecule has 10 nitrogen and oxygen atoms in total. The Kier molecular flexibility index (Phi) is 8.88. The van der Waals surface area contributed by atoms with E-state index in [1.54, 1.807) is 19.9 Å². The number of esters is 2. The predicted octanol–water partition coefficient (Wildman–Crippen LogP) is 4.02. The van der Waals surface area contributed by atoms with Gasteiger partial charge in [0.2, 0.25) is 0 Å². The van der Waals surface area contributed by atoms with Gasteiger partial charge in [0, 0.05) is 67.0 Å². The number of methoxy groups -OCH3 is 1. The maximum absolute atomic E-state index is 13.4. The standard InChI is InChI=1S/C28H31ClN4O6/c1-18-24(27(34)38-3)26(20-5-4-6-23(17-20)33(36)37)25(19(2)30-18)28(35)39-16-15-31-11-13-32(14-12-31)22-9-7-21(29)8-10-22/h4-10,17,26,30H,11-16H2,1-3H3. The van der Waals surface area contributed by atoms with Crippen LogP contribution in [0.25, 0.3) is 0 Å². The fraction of sp³-hybridized carbons (Fsp3) is 0.357. The zero-order chi connectivity index (χ0) is 28.1. The number of non-ortho nitro benzene ring substituents is 1. The van der Waals surface area contributed by atoms with Crippen molar-refractivity contribution in [1.29, 1.82) is 0 Å². The molecule has 0 aromatic heterocycles. The van der Waals surface area contributed by atoms with E-state index in [2.05, 4.69) is 15.1 Å². The maximum atomic E-state index is 13.4. The topological polar surface area (TPSA) is 114 Å². The molecule has 0 radical (unpaired) electrons. The van der Waals surface area contributed by atoms with E-state index >= 15 is 0 Å². The monoisotopic (exact) mass is 554 g/mol. The average molecular weight is 555 g/mol. The lowest BCUT2D eigenvalue weighted by Gasteiger charge is -2.36. The minimum absolute atomic E-state index is 0.143. The molecule has 2 aromatic carbocycles. The average Bonchev–Trinajstić information content (AvgIpc) is 2.93. The number of ether oxygens (including phenoxy) is 2. The number of nitrogens with one attached hydrogen (secondary N) is 1. The Morgan fingerprint density at radius 3 is 2.28 bits per heavy atom. The van der Waals surface area contributed by atoms with Crippen molar-refractivity contribution in [3.8, 4) is 0 Å². The van der Waals surface area contributed by atoms with E-state index in [0.29, 0.717) is 28.5 Å². The fourth-order valence-corrected chi connectivity index (χ4v) is 5.15. The molecule has 1 unspecified atom stereocenters. The normalized spacial score (nSPS) is 18.1. The molecule has 2 aromatic rings. The van der Waals surface area contributed by atoms with Crippen LogP contribution in [0.15, 0.2) is 71.1 Å². The minimum atomic E-state index is -0.881. The van der Waals surface area contributed by atoms with Gasteiger partial charge in [-0.25, -0.2) is 9.59 Å². The molecular weight excluding hydrogens is 524 g/mol. The first-order valence-electron chi connectivity index (χ1n) is 12.6. The summed E-state index contributed by atoms with van der Waals surface area (Å²) in [6.07, 6.45) is 0. The van der Waals surface area contributed by atoms with Crippen LogP contribution in [0.5, 0.6) is 0 Å². The lowest BCUT2D eigenvalue weighted by atomic mass is 9.80. The zero-order valence-electron chi connectivity index (χ0n) is 22.1. The number of carbonyl (C=O) groups excluding carboxylic acids is 2. The molecule has 0 bridgehead atoms. The summed E-state index contributed by atoms with van der Waals surface area (Å²) in [6.45, 7) is 7.44. The number of nitro benzene ring substituents is 1. The summed E-state index contributed by atoms with van der Waals surface area (Å²) in [5, 5.41) is 15.2. The SMILES string of the molecule is COC(=O)C1=C(C)NC(C)=C(C(=O)OCCN2CCN(c3ccc(Cl)cc3)CC2)C1c1cccc([N+](=O)[O-])c1. The molecule has 0 spiro atoms. The Labute approximate surface area is 232 Å². The lowest BCUT2D eigenvalue weighted by molar-refractivity contribution is -0.384. The first-order valence-corrected chi connectivity index (χ1v) is 13.0. The van der Waals surface area contributed by atoms with Crippen molar-refractivity contribution in [2.75, 3.05) is 51.3 Å². The molecule has 4 rings (SSSR count). The molecule has 0 aliphatic carbocycles. The van der Waals surface area contributed by atoms with Gasteiger partial charge in [0.1, 0.15) is 6.61 Å². The molecule has 0 saturated carbocycles. The van der Waals surface area contributed by atoms with Gasteiger partial charge in [0.15, 0.2) is 0 Å². The molecule has 1 fully saturated rings. The van der Waals surface area contributed by atoms with Gasteiger partial charge in [-0.05, 0) is 43.7 Å². The van der Waals surface area contributed by atoms with E-state index < -0.39 is 22.8 Å². The van der Waals surface area contributed by atoms with Gasteiger partial charge in [-0.2, -0.15) is 0 Å². The smallest absolute Gasteiger partial charge is 0.336 e. The number of hydrogen-bond donors (Lipinski definition) is 1. The van der Waals surface area contributed by atoms with E-state index in [9.17, 15) is 19.7 Å². The van der Waals surface area contributed by atoms with Crippen molar-refractivity contribution in [2.45, 2.75) is 19.8 Å². The van der Waals surface area contributed by atoms with E-state index in [1.165, 1.54) is 25.3 Å². The maximum Gasteiger partial charge on any atom is 0.336 e. The highest BCUT2D eigenvalue weighted by Crippen LogP contribution is 2.40. The van der Waals surface area contributed by atoms with Crippen LogP contribution in [-0.2, 0) is 19.1 Å². The third-order valence-electron chi connectivity index (χ3n) is 7.00. The second-order valence-corrected chi connectivity index (χ2v) is 9.86. The highest BCUT2D eigenvalue weighted by molar-refractivity contribution is 6.30. The van der Waals surface area contributed by atoms with E-state index in [0.717, 1.165) is 31.9 Å². The number of dihydropyridines is 1. The number of anilines is 1. The van der Waals surface area contributed by atoms with Crippen molar-refractivity contribution in [3.63, 3.8) is 0 Å². The van der Waals surface area contributed by atoms with Crippen molar-refractivity contribution in [3.05, 3.63) is 91.8 Å². The number of allylic oxidation sites excluding steroid dienone is 2. The van der Waals surface area contributed by atoms with E-state index in [-0.39, 0.29) is 23.4 Å². The number of nitro groups is 1. The number of rotatable bonds is 8. The fourth-order valence-electron chi connectivity index (χ4n) is 5.02. The van der Waals surface area contributed by atoms with Gasteiger partial charge in [0.25, 0.3) is 5.69 Å². The van der Waals surface area contributed by atoms with E-state index in [4.69, 9.17) is 21.1 Å². The van der Waals surface area contributed by atoms with Crippen molar-refractivity contribution in [2.24, 2.45) is 0 Å². The Morgan fingerprint density at radius 2 is 1.67 bits per heavy atom. The van der Waals surface area contributed by atoms with Crippen LogP contribution in [0.4, 0.5) is 11.4 Å². The Hall–Kier alpha value is -3.89. The van der Waals surface area contributed by atoms with Gasteiger partial charge in [0.05, 0.1) is 29.1 Å². The second-order valence-electron chi connectivity index (χ2n) is 9.42. The van der Waals surface area contributed by atoms with Gasteiger partial charge in [-0.15, -0.1) is 0 Å². The van der Waals surface area contributed by atoms with Crippen LogP contribution < -0.4 is 10.2 Å². The van der Waals surface area contributed by atoms with Crippen LogP contribution in [0.2, 0.25) is 5.02 Å². The Bertz CT molecular complexity index is 1320. The van der Waals surface area contributed by atoms with Crippen LogP contribution >= 0.6 is 11.6 Å². The summed E-state index contributed by atoms with van der Waals surface area (Å²) in [5.41, 5.74) is 2.84. The summed E-state index contributed by atoms with van der Waals surface area (Å²) in [5.74, 6) is -2.10. The molecule has 2 heterocycles. The van der Waals surface area contributed by atoms with Crippen molar-refractivity contribution >= 4 is 34.9 Å². The Morgan fingerprint density at radius 1 is 1.03 bits per heavy atom. The van der Waals surface area contributed by atoms with Gasteiger partial charge in [-0.1, -0.05) is 23.7 Å². The summed E-state index contributed by atoms with van der Waals surface area (Å²) in [7, 11) is 1.25. The first kappa shape index (κ1) is 28.1. The van der Waals surface area contributed by atoms with Gasteiger partial charge in [-0.3, -0.25) is 15.0 Å². The first-order chi connectivity index (χ1) is 18.7. The van der Waals surface area contributed by atoms with Crippen LogP contribution in [-0.4, -0.2) is 68.2 Å². The second kappa shape index (κ2) is 12.3. The highest BCUT2D eigenvalue weighted by Gasteiger charge is 2.38. The van der Waals surface area contributed by atoms with E-state index in [1.807, 2.05) is 24.3 Å². The number of carbonyl (C=O) groups is 2. The minimum Gasteiger partial charge on any atom is -0.466 e. The molecule has 0 amide bonds. The van der Waals surface area contributed by atoms with Crippen LogP contribution in [0.1, 0.15) is 25.3 Å². The van der Waals surface area contributed by atoms with Crippen LogP contribution in [0.3, 0.4) is 0 Å². The zero-order valence-corrected chi connectivity index (χ0v) is 22.9. The molecule has 1 atom stereocenters. The third kappa shape index (κ3) is 6.40. The quantitative estimate of drug-likeness (QED) is 0.293. The van der Waals surface area contributed by atoms with Crippen LogP contribution in [0, 0.1) is 10.1 Å². The highest BCUT2D eigenvalue weighted by atomic mass is 35.5. The molecule has 1 saturated heterocycles. The Balaban J connectivity index is 1.45. The largest absolute Gasteiger partial charge is 0.466 e. The summed E-state index contributed by atoms with van der Waals surface area (Å²) in [6, 6.07) is 13.7. The number of hydrogen-bond acceptors (Lipinski definition) is 9. The number of piperazine rings is 1. The third-order valence-corrected chi connectivity index (χ3v) is 7.26. The summed E-state index contributed by atoms with van der Waals surface area (Å²) >= 11 is 6.00. The summed E-state index contributed by atoms with van der Waals surface area (Å²) in [4.78, 5) is 41.6. The molecule has 206 valence electrons. The van der Waals surface area contributed by atoms with Crippen molar-refractivity contribution in [1.82, 2.24) is 10.2 Å². The summed E-state index contributed by atoms with van der Waals surface area (Å²) < 4.78 is 10.7. The number of nitrogens with zero attached hydrogens (tertiary/aromatic N) is 3. The van der Waals surface area contributed by atoms with Crippen molar-refractivity contribution < 1.29 is 24.0 Å².